The fourth-order valence-electron chi connectivity index (χ4n) is 2.79. The van der Waals surface area contributed by atoms with Gasteiger partial charge in [0.25, 0.3) is 0 Å². The van der Waals surface area contributed by atoms with Crippen LogP contribution in [-0.2, 0) is 5.41 Å². The highest BCUT2D eigenvalue weighted by atomic mass is 19.4. The standard InChI is InChI=1S/C18H16F6O3/c1-26-14-6-2-12(3-7-14)16(17(19,20)21,18(22,23)24)13-4-8-15(9-5-13)27-11-10-25/h2-9,25H,10-11H2,1H3. The van der Waals surface area contributed by atoms with Gasteiger partial charge in [-0.05, 0) is 35.4 Å². The van der Waals surface area contributed by atoms with Crippen molar-refractivity contribution >= 4 is 0 Å². The van der Waals surface area contributed by atoms with Crippen LogP contribution in [0.4, 0.5) is 26.3 Å². The summed E-state index contributed by atoms with van der Waals surface area (Å²) < 4.78 is 93.3. The summed E-state index contributed by atoms with van der Waals surface area (Å²) in [6.07, 6.45) is -11.3. The van der Waals surface area contributed by atoms with E-state index in [2.05, 4.69) is 0 Å². The molecule has 0 amide bonds. The molecule has 1 N–H and O–H groups in total. The molecule has 0 aliphatic heterocycles. The lowest BCUT2D eigenvalue weighted by molar-refractivity contribution is -0.288. The van der Waals surface area contributed by atoms with E-state index < -0.39 is 28.9 Å². The molecule has 0 heterocycles. The molecule has 2 rings (SSSR count). The molecule has 2 aromatic rings. The summed E-state index contributed by atoms with van der Waals surface area (Å²) in [5, 5.41) is 8.68. The summed E-state index contributed by atoms with van der Waals surface area (Å²) in [6, 6.07) is 7.02. The zero-order valence-corrected chi connectivity index (χ0v) is 14.1. The van der Waals surface area contributed by atoms with Crippen molar-refractivity contribution in [2.24, 2.45) is 0 Å². The van der Waals surface area contributed by atoms with Gasteiger partial charge in [0.15, 0.2) is 0 Å². The third-order valence-corrected chi connectivity index (χ3v) is 4.02. The van der Waals surface area contributed by atoms with Crippen molar-refractivity contribution in [1.82, 2.24) is 0 Å². The maximum absolute atomic E-state index is 13.9. The highest BCUT2D eigenvalue weighted by molar-refractivity contribution is 5.47. The molecule has 0 bridgehead atoms. The first kappa shape index (κ1) is 20.9. The number of ether oxygens (including phenoxy) is 2. The van der Waals surface area contributed by atoms with Gasteiger partial charge in [-0.1, -0.05) is 24.3 Å². The van der Waals surface area contributed by atoms with Gasteiger partial charge in [-0.2, -0.15) is 26.3 Å². The van der Waals surface area contributed by atoms with E-state index in [1.807, 2.05) is 0 Å². The summed E-state index contributed by atoms with van der Waals surface area (Å²) in [4.78, 5) is 0. The average Bonchev–Trinajstić information content (AvgIpc) is 2.59. The van der Waals surface area contributed by atoms with Crippen molar-refractivity contribution in [2.75, 3.05) is 20.3 Å². The SMILES string of the molecule is COc1ccc(C(c2ccc(OCCO)cc2)(C(F)(F)F)C(F)(F)F)cc1. The van der Waals surface area contributed by atoms with Crippen LogP contribution in [0.1, 0.15) is 11.1 Å². The van der Waals surface area contributed by atoms with Gasteiger partial charge >= 0.3 is 12.4 Å². The van der Waals surface area contributed by atoms with Gasteiger partial charge in [-0.15, -0.1) is 0 Å². The van der Waals surface area contributed by atoms with E-state index in [0.29, 0.717) is 0 Å². The monoisotopic (exact) mass is 394 g/mol. The molecule has 0 spiro atoms. The number of halogens is 6. The van der Waals surface area contributed by atoms with E-state index in [1.54, 1.807) is 0 Å². The molecule has 0 aromatic heterocycles. The first-order valence-electron chi connectivity index (χ1n) is 7.70. The van der Waals surface area contributed by atoms with E-state index in [-0.39, 0.29) is 24.7 Å². The molecule has 0 aliphatic rings. The van der Waals surface area contributed by atoms with Crippen LogP contribution in [0.15, 0.2) is 48.5 Å². The Labute approximate surface area is 151 Å². The summed E-state index contributed by atoms with van der Waals surface area (Å²) in [5.41, 5.74) is -6.20. The molecule has 27 heavy (non-hydrogen) atoms. The first-order valence-corrected chi connectivity index (χ1v) is 7.70. The molecule has 148 valence electrons. The lowest BCUT2D eigenvalue weighted by Crippen LogP contribution is -2.54. The number of hydrogen-bond acceptors (Lipinski definition) is 3. The van der Waals surface area contributed by atoms with Gasteiger partial charge in [0.05, 0.1) is 13.7 Å². The van der Waals surface area contributed by atoms with E-state index in [4.69, 9.17) is 14.6 Å². The van der Waals surface area contributed by atoms with E-state index >= 15 is 0 Å². The lowest BCUT2D eigenvalue weighted by atomic mass is 9.73. The van der Waals surface area contributed by atoms with Crippen molar-refractivity contribution in [3.8, 4) is 11.5 Å². The van der Waals surface area contributed by atoms with E-state index in [0.717, 1.165) is 48.5 Å². The van der Waals surface area contributed by atoms with Crippen LogP contribution in [-0.4, -0.2) is 37.8 Å². The van der Waals surface area contributed by atoms with Crippen molar-refractivity contribution in [3.63, 3.8) is 0 Å². The molecule has 0 atom stereocenters. The third-order valence-electron chi connectivity index (χ3n) is 4.02. The number of aliphatic hydroxyl groups is 1. The fourth-order valence-corrected chi connectivity index (χ4v) is 2.79. The molecule has 0 unspecified atom stereocenters. The van der Waals surface area contributed by atoms with Gasteiger partial charge < -0.3 is 14.6 Å². The normalized spacial score (nSPS) is 12.7. The Morgan fingerprint density at radius 1 is 0.741 bits per heavy atom. The van der Waals surface area contributed by atoms with Crippen LogP contribution in [0.5, 0.6) is 11.5 Å². The predicted molar refractivity (Wildman–Crippen MR) is 84.9 cm³/mol. The minimum atomic E-state index is -5.66. The Balaban J connectivity index is 2.68. The van der Waals surface area contributed by atoms with Crippen LogP contribution in [0, 0.1) is 0 Å². The third kappa shape index (κ3) is 3.83. The van der Waals surface area contributed by atoms with E-state index in [9.17, 15) is 26.3 Å². The van der Waals surface area contributed by atoms with Gasteiger partial charge in [-0.25, -0.2) is 0 Å². The minimum absolute atomic E-state index is 0.0424. The summed E-state index contributed by atoms with van der Waals surface area (Å²) in [6.45, 7) is -0.482. The molecule has 0 radical (unpaired) electrons. The largest absolute Gasteiger partial charge is 0.497 e. The van der Waals surface area contributed by atoms with Gasteiger partial charge in [-0.3, -0.25) is 0 Å². The Morgan fingerprint density at radius 2 is 1.15 bits per heavy atom. The van der Waals surface area contributed by atoms with Gasteiger partial charge in [0.1, 0.15) is 18.1 Å². The lowest BCUT2D eigenvalue weighted by Gasteiger charge is -2.38. The highest BCUT2D eigenvalue weighted by Gasteiger charge is 2.72. The first-order chi connectivity index (χ1) is 12.6. The molecule has 0 aliphatic carbocycles. The van der Waals surface area contributed by atoms with Crippen molar-refractivity contribution < 1.29 is 40.9 Å². The molecule has 2 aromatic carbocycles. The zero-order chi connectivity index (χ0) is 20.3. The number of benzene rings is 2. The van der Waals surface area contributed by atoms with Crippen LogP contribution < -0.4 is 9.47 Å². The van der Waals surface area contributed by atoms with Crippen molar-refractivity contribution in [3.05, 3.63) is 59.7 Å². The Hall–Kier alpha value is -2.42. The quantitative estimate of drug-likeness (QED) is 0.735. The van der Waals surface area contributed by atoms with Crippen LogP contribution in [0.25, 0.3) is 0 Å². The molecule has 3 nitrogen and oxygen atoms in total. The number of rotatable bonds is 6. The zero-order valence-electron chi connectivity index (χ0n) is 14.1. The summed E-state index contributed by atoms with van der Waals surface area (Å²) >= 11 is 0. The highest BCUT2D eigenvalue weighted by Crippen LogP contribution is 2.56. The number of alkyl halides is 6. The van der Waals surface area contributed by atoms with Crippen LogP contribution in [0.2, 0.25) is 0 Å². The molecular formula is C18H16F6O3. The van der Waals surface area contributed by atoms with Crippen LogP contribution in [0.3, 0.4) is 0 Å². The number of methoxy groups -OCH3 is 1. The fraction of sp³-hybridized carbons (Fsp3) is 0.333. The maximum Gasteiger partial charge on any atom is 0.411 e. The van der Waals surface area contributed by atoms with Gasteiger partial charge in [0.2, 0.25) is 5.41 Å². The molecule has 0 fully saturated rings. The smallest absolute Gasteiger partial charge is 0.411 e. The van der Waals surface area contributed by atoms with Crippen LogP contribution >= 0.6 is 0 Å². The Morgan fingerprint density at radius 3 is 1.48 bits per heavy atom. The second kappa shape index (κ2) is 7.67. The maximum atomic E-state index is 13.9. The molecule has 0 saturated carbocycles. The summed E-state index contributed by atoms with van der Waals surface area (Å²) in [7, 11) is 1.25. The number of aliphatic hydroxyl groups excluding tert-OH is 1. The molecule has 0 saturated heterocycles. The average molecular weight is 394 g/mol. The Kier molecular flexibility index (Phi) is 5.94. The van der Waals surface area contributed by atoms with Crippen molar-refractivity contribution in [2.45, 2.75) is 17.8 Å². The van der Waals surface area contributed by atoms with Crippen molar-refractivity contribution in [1.29, 1.82) is 0 Å². The van der Waals surface area contributed by atoms with E-state index in [1.165, 1.54) is 7.11 Å². The van der Waals surface area contributed by atoms with Gasteiger partial charge in [0, 0.05) is 0 Å². The Bertz CT molecular complexity index is 722. The minimum Gasteiger partial charge on any atom is -0.497 e. The molecular weight excluding hydrogens is 378 g/mol. The second-order valence-corrected chi connectivity index (χ2v) is 5.57. The molecule has 9 heteroatoms. The topological polar surface area (TPSA) is 38.7 Å². The summed E-state index contributed by atoms with van der Waals surface area (Å²) in [5.74, 6) is 0.172. The second-order valence-electron chi connectivity index (χ2n) is 5.57. The predicted octanol–water partition coefficient (Wildman–Crippen LogP) is 4.48. The number of hydrogen-bond donors (Lipinski definition) is 1.